The molecule has 0 aliphatic rings. The van der Waals surface area contributed by atoms with Crippen molar-refractivity contribution >= 4 is 23.1 Å². The fourth-order valence-corrected chi connectivity index (χ4v) is 3.70. The van der Waals surface area contributed by atoms with Crippen LogP contribution < -0.4 is 5.32 Å². The van der Waals surface area contributed by atoms with Crippen LogP contribution in [0.5, 0.6) is 0 Å². The predicted molar refractivity (Wildman–Crippen MR) is 84.8 cm³/mol. The van der Waals surface area contributed by atoms with Crippen molar-refractivity contribution in [2.45, 2.75) is 37.5 Å². The summed E-state index contributed by atoms with van der Waals surface area (Å²) in [6.45, 7) is 6.17. The van der Waals surface area contributed by atoms with Crippen LogP contribution in [0.15, 0.2) is 29.2 Å². The molecule has 20 heavy (non-hydrogen) atoms. The Morgan fingerprint density at radius 1 is 1.30 bits per heavy atom. The standard InChI is InChI=1S/C15H19FN2S2/c1-3-8-17-9-14-11(2)18-15(20-14)10-19-13-6-4-12(16)5-7-13/h4-7,17H,3,8-10H2,1-2H3. The summed E-state index contributed by atoms with van der Waals surface area (Å²) in [4.78, 5) is 6.99. The number of nitrogens with one attached hydrogen (secondary N) is 1. The van der Waals surface area contributed by atoms with Gasteiger partial charge in [0.1, 0.15) is 10.8 Å². The first-order valence-electron chi connectivity index (χ1n) is 6.73. The van der Waals surface area contributed by atoms with Gasteiger partial charge in [-0.05, 0) is 44.2 Å². The molecule has 0 unspecified atom stereocenters. The summed E-state index contributed by atoms with van der Waals surface area (Å²) >= 11 is 3.46. The van der Waals surface area contributed by atoms with E-state index in [9.17, 15) is 4.39 Å². The molecular formula is C15H19FN2S2. The van der Waals surface area contributed by atoms with E-state index >= 15 is 0 Å². The molecule has 1 aromatic carbocycles. The van der Waals surface area contributed by atoms with Gasteiger partial charge in [0.15, 0.2) is 0 Å². The topological polar surface area (TPSA) is 24.9 Å². The zero-order valence-electron chi connectivity index (χ0n) is 11.8. The second kappa shape index (κ2) is 7.76. The summed E-state index contributed by atoms with van der Waals surface area (Å²) in [7, 11) is 0. The first kappa shape index (κ1) is 15.5. The molecule has 0 radical (unpaired) electrons. The van der Waals surface area contributed by atoms with Gasteiger partial charge in [0.25, 0.3) is 0 Å². The number of thiazole rings is 1. The minimum absolute atomic E-state index is 0.191. The van der Waals surface area contributed by atoms with Crippen molar-refractivity contribution in [1.82, 2.24) is 10.3 Å². The van der Waals surface area contributed by atoms with Crippen LogP contribution in [0.3, 0.4) is 0 Å². The van der Waals surface area contributed by atoms with E-state index in [0.717, 1.165) is 40.9 Å². The van der Waals surface area contributed by atoms with Crippen LogP contribution in [0.1, 0.15) is 28.9 Å². The summed E-state index contributed by atoms with van der Waals surface area (Å²) in [5.41, 5.74) is 1.12. The number of halogens is 1. The Labute approximate surface area is 127 Å². The van der Waals surface area contributed by atoms with Gasteiger partial charge in [0.05, 0.1) is 11.4 Å². The van der Waals surface area contributed by atoms with E-state index in [4.69, 9.17) is 0 Å². The Bertz CT molecular complexity index is 537. The number of hydrogen-bond acceptors (Lipinski definition) is 4. The molecule has 0 spiro atoms. The Morgan fingerprint density at radius 3 is 2.75 bits per heavy atom. The highest BCUT2D eigenvalue weighted by Gasteiger charge is 2.07. The summed E-state index contributed by atoms with van der Waals surface area (Å²) in [5, 5.41) is 4.54. The normalized spacial score (nSPS) is 10.9. The summed E-state index contributed by atoms with van der Waals surface area (Å²) in [6, 6.07) is 6.61. The molecule has 108 valence electrons. The molecule has 0 saturated carbocycles. The lowest BCUT2D eigenvalue weighted by molar-refractivity contribution is 0.626. The molecule has 0 atom stereocenters. The maximum Gasteiger partial charge on any atom is 0.123 e. The number of aryl methyl sites for hydroxylation is 1. The van der Waals surface area contributed by atoms with E-state index in [2.05, 4.69) is 24.1 Å². The average molecular weight is 310 g/mol. The maximum absolute atomic E-state index is 12.8. The van der Waals surface area contributed by atoms with Gasteiger partial charge in [0.2, 0.25) is 0 Å². The molecule has 0 aliphatic carbocycles. The van der Waals surface area contributed by atoms with Crippen molar-refractivity contribution in [3.63, 3.8) is 0 Å². The van der Waals surface area contributed by atoms with Crippen molar-refractivity contribution in [3.8, 4) is 0 Å². The van der Waals surface area contributed by atoms with Crippen molar-refractivity contribution in [2.24, 2.45) is 0 Å². The molecule has 2 aromatic rings. The lowest BCUT2D eigenvalue weighted by Crippen LogP contribution is -2.13. The Kier molecular flexibility index (Phi) is 6.01. The highest BCUT2D eigenvalue weighted by molar-refractivity contribution is 7.98. The summed E-state index contributed by atoms with van der Waals surface area (Å²) < 4.78 is 12.8. The highest BCUT2D eigenvalue weighted by atomic mass is 32.2. The number of rotatable bonds is 7. The summed E-state index contributed by atoms with van der Waals surface area (Å²) in [6.07, 6.45) is 1.14. The van der Waals surface area contributed by atoms with Crippen LogP contribution in [0.25, 0.3) is 0 Å². The zero-order chi connectivity index (χ0) is 14.4. The Hall–Kier alpha value is -0.910. The molecule has 1 heterocycles. The lowest BCUT2D eigenvalue weighted by Gasteiger charge is -2.00. The van der Waals surface area contributed by atoms with Gasteiger partial charge in [-0.1, -0.05) is 6.92 Å². The number of aromatic nitrogens is 1. The fraction of sp³-hybridized carbons (Fsp3) is 0.400. The minimum Gasteiger partial charge on any atom is -0.312 e. The smallest absolute Gasteiger partial charge is 0.123 e. The monoisotopic (exact) mass is 310 g/mol. The molecule has 0 amide bonds. The molecule has 0 bridgehead atoms. The molecule has 1 aromatic heterocycles. The van der Waals surface area contributed by atoms with Gasteiger partial charge >= 0.3 is 0 Å². The van der Waals surface area contributed by atoms with E-state index in [-0.39, 0.29) is 5.82 Å². The van der Waals surface area contributed by atoms with E-state index in [1.54, 1.807) is 23.1 Å². The lowest BCUT2D eigenvalue weighted by atomic mass is 10.4. The molecule has 2 rings (SSSR count). The number of thioether (sulfide) groups is 1. The van der Waals surface area contributed by atoms with Gasteiger partial charge in [-0.3, -0.25) is 0 Å². The van der Waals surface area contributed by atoms with Crippen molar-refractivity contribution in [3.05, 3.63) is 45.7 Å². The highest BCUT2D eigenvalue weighted by Crippen LogP contribution is 2.27. The van der Waals surface area contributed by atoms with Crippen molar-refractivity contribution in [1.29, 1.82) is 0 Å². The van der Waals surface area contributed by atoms with Crippen molar-refractivity contribution < 1.29 is 4.39 Å². The number of nitrogens with zero attached hydrogens (tertiary/aromatic N) is 1. The van der Waals surface area contributed by atoms with Crippen LogP contribution in [-0.4, -0.2) is 11.5 Å². The quantitative estimate of drug-likeness (QED) is 0.607. The van der Waals surface area contributed by atoms with Gasteiger partial charge in [-0.25, -0.2) is 9.37 Å². The number of hydrogen-bond donors (Lipinski definition) is 1. The predicted octanol–water partition coefficient (Wildman–Crippen LogP) is 4.38. The Balaban J connectivity index is 1.89. The van der Waals surface area contributed by atoms with E-state index in [1.165, 1.54) is 17.0 Å². The van der Waals surface area contributed by atoms with Crippen LogP contribution in [0, 0.1) is 12.7 Å². The van der Waals surface area contributed by atoms with Crippen LogP contribution in [0.4, 0.5) is 4.39 Å². The first-order chi connectivity index (χ1) is 9.69. The zero-order valence-corrected chi connectivity index (χ0v) is 13.4. The Morgan fingerprint density at radius 2 is 2.05 bits per heavy atom. The molecular weight excluding hydrogens is 291 g/mol. The fourth-order valence-electron chi connectivity index (χ4n) is 1.77. The van der Waals surface area contributed by atoms with Crippen LogP contribution in [-0.2, 0) is 12.3 Å². The largest absolute Gasteiger partial charge is 0.312 e. The molecule has 0 saturated heterocycles. The number of benzene rings is 1. The van der Waals surface area contributed by atoms with Crippen LogP contribution >= 0.6 is 23.1 Å². The third-order valence-electron chi connectivity index (χ3n) is 2.83. The third kappa shape index (κ3) is 4.58. The summed E-state index contributed by atoms with van der Waals surface area (Å²) in [5.74, 6) is 0.647. The van der Waals surface area contributed by atoms with Crippen molar-refractivity contribution in [2.75, 3.05) is 6.54 Å². The van der Waals surface area contributed by atoms with Gasteiger partial charge < -0.3 is 5.32 Å². The molecule has 5 heteroatoms. The minimum atomic E-state index is -0.191. The molecule has 0 aliphatic heterocycles. The van der Waals surface area contributed by atoms with E-state index in [1.807, 2.05) is 12.1 Å². The van der Waals surface area contributed by atoms with Gasteiger partial charge in [-0.2, -0.15) is 0 Å². The maximum atomic E-state index is 12.8. The second-order valence-corrected chi connectivity index (χ2v) is 6.75. The molecule has 2 nitrogen and oxygen atoms in total. The van der Waals surface area contributed by atoms with E-state index in [0.29, 0.717) is 0 Å². The van der Waals surface area contributed by atoms with Gasteiger partial charge in [-0.15, -0.1) is 23.1 Å². The third-order valence-corrected chi connectivity index (χ3v) is 5.19. The molecule has 1 N–H and O–H groups in total. The SMILES string of the molecule is CCCNCc1sc(CSc2ccc(F)cc2)nc1C. The van der Waals surface area contributed by atoms with Gasteiger partial charge in [0, 0.05) is 16.3 Å². The average Bonchev–Trinajstić information content (AvgIpc) is 2.79. The molecule has 0 fully saturated rings. The van der Waals surface area contributed by atoms with Crippen LogP contribution in [0.2, 0.25) is 0 Å². The van der Waals surface area contributed by atoms with E-state index < -0.39 is 0 Å². The second-order valence-electron chi connectivity index (χ2n) is 4.54. The first-order valence-corrected chi connectivity index (χ1v) is 8.53.